The largest absolute Gasteiger partial charge is 0.452 e. The first-order valence-electron chi connectivity index (χ1n) is 7.27. The van der Waals surface area contributed by atoms with Crippen LogP contribution in [-0.4, -0.2) is 25.1 Å². The number of hydrogen-bond acceptors (Lipinski definition) is 4. The van der Waals surface area contributed by atoms with Crippen molar-refractivity contribution in [1.29, 1.82) is 0 Å². The Morgan fingerprint density at radius 1 is 1.04 bits per heavy atom. The Labute approximate surface area is 142 Å². The second-order valence-electron chi connectivity index (χ2n) is 4.80. The highest BCUT2D eigenvalue weighted by atomic mass is 19.3. The average Bonchev–Trinajstić information content (AvgIpc) is 2.60. The molecule has 0 aliphatic rings. The fourth-order valence-electron chi connectivity index (χ4n) is 1.83. The summed E-state index contributed by atoms with van der Waals surface area (Å²) in [6.07, 6.45) is 2.79. The molecular weight excluding hydrogens is 332 g/mol. The van der Waals surface area contributed by atoms with E-state index >= 15 is 0 Å². The molecule has 2 aromatic rings. The number of halogens is 2. The van der Waals surface area contributed by atoms with Crippen molar-refractivity contribution in [2.24, 2.45) is 0 Å². The molecule has 1 amide bonds. The molecule has 7 heteroatoms. The lowest BCUT2D eigenvalue weighted by atomic mass is 10.2. The number of amides is 1. The first kappa shape index (κ1) is 18.1. The van der Waals surface area contributed by atoms with Crippen molar-refractivity contribution in [3.63, 3.8) is 0 Å². The van der Waals surface area contributed by atoms with E-state index < -0.39 is 25.1 Å². The lowest BCUT2D eigenvalue weighted by Crippen LogP contribution is -2.20. The van der Waals surface area contributed by atoms with Crippen molar-refractivity contribution < 1.29 is 27.8 Å². The molecule has 2 aromatic carbocycles. The van der Waals surface area contributed by atoms with Gasteiger partial charge in [0.25, 0.3) is 5.91 Å². The van der Waals surface area contributed by atoms with Gasteiger partial charge < -0.3 is 14.8 Å². The number of benzene rings is 2. The van der Waals surface area contributed by atoms with Gasteiger partial charge in [-0.1, -0.05) is 30.3 Å². The van der Waals surface area contributed by atoms with E-state index in [1.165, 1.54) is 30.3 Å². The van der Waals surface area contributed by atoms with Crippen molar-refractivity contribution in [1.82, 2.24) is 0 Å². The Hall–Kier alpha value is -3.22. The lowest BCUT2D eigenvalue weighted by molar-refractivity contribution is -0.142. The number of carbonyl (C=O) groups excluding carboxylic acids is 2. The van der Waals surface area contributed by atoms with Gasteiger partial charge in [-0.2, -0.15) is 8.78 Å². The van der Waals surface area contributed by atoms with Gasteiger partial charge in [0, 0.05) is 11.8 Å². The third-order valence-electron chi connectivity index (χ3n) is 2.92. The smallest absolute Gasteiger partial charge is 0.387 e. The maximum absolute atomic E-state index is 12.0. The first-order valence-corrected chi connectivity index (χ1v) is 7.27. The quantitative estimate of drug-likeness (QED) is 0.615. The van der Waals surface area contributed by atoms with Crippen molar-refractivity contribution in [3.05, 3.63) is 66.2 Å². The molecule has 0 saturated carbocycles. The van der Waals surface area contributed by atoms with Crippen LogP contribution in [0.4, 0.5) is 14.5 Å². The van der Waals surface area contributed by atoms with Gasteiger partial charge in [-0.05, 0) is 35.9 Å². The molecule has 0 aliphatic carbocycles. The molecule has 0 atom stereocenters. The van der Waals surface area contributed by atoms with Crippen LogP contribution >= 0.6 is 0 Å². The van der Waals surface area contributed by atoms with Crippen molar-refractivity contribution in [3.8, 4) is 5.75 Å². The molecule has 2 rings (SSSR count). The maximum atomic E-state index is 12.0. The fourth-order valence-corrected chi connectivity index (χ4v) is 1.83. The predicted octanol–water partition coefficient (Wildman–Crippen LogP) is 3.48. The molecule has 1 N–H and O–H groups in total. The van der Waals surface area contributed by atoms with E-state index in [1.807, 2.05) is 30.3 Å². The van der Waals surface area contributed by atoms with Crippen LogP contribution in [0.5, 0.6) is 5.75 Å². The van der Waals surface area contributed by atoms with Crippen LogP contribution < -0.4 is 10.1 Å². The molecule has 0 unspecified atom stereocenters. The van der Waals surface area contributed by atoms with Crippen LogP contribution in [0.25, 0.3) is 6.08 Å². The molecule has 0 fully saturated rings. The van der Waals surface area contributed by atoms with Gasteiger partial charge in [-0.3, -0.25) is 4.79 Å². The summed E-state index contributed by atoms with van der Waals surface area (Å²) in [7, 11) is 0. The van der Waals surface area contributed by atoms with E-state index in [0.29, 0.717) is 5.69 Å². The standard InChI is InChI=1S/C18H15F2NO4/c19-18(20)25-15-9-7-14(8-10-15)21-16(22)12-24-17(23)11-6-13-4-2-1-3-5-13/h1-11,18H,12H2,(H,21,22)/b11-6+. The van der Waals surface area contributed by atoms with Crippen molar-refractivity contribution in [2.75, 3.05) is 11.9 Å². The first-order chi connectivity index (χ1) is 12.0. The zero-order valence-electron chi connectivity index (χ0n) is 13.0. The summed E-state index contributed by atoms with van der Waals surface area (Å²) in [5, 5.41) is 2.47. The third kappa shape index (κ3) is 6.82. The molecule has 0 bridgehead atoms. The summed E-state index contributed by atoms with van der Waals surface area (Å²) in [6.45, 7) is -3.38. The zero-order chi connectivity index (χ0) is 18.1. The molecule has 25 heavy (non-hydrogen) atoms. The summed E-state index contributed by atoms with van der Waals surface area (Å²) in [4.78, 5) is 23.2. The number of nitrogens with one attached hydrogen (secondary N) is 1. The monoisotopic (exact) mass is 347 g/mol. The Kier molecular flexibility index (Phi) is 6.65. The van der Waals surface area contributed by atoms with E-state index in [4.69, 9.17) is 4.74 Å². The average molecular weight is 347 g/mol. The highest BCUT2D eigenvalue weighted by Crippen LogP contribution is 2.17. The van der Waals surface area contributed by atoms with E-state index in [0.717, 1.165) is 5.56 Å². The van der Waals surface area contributed by atoms with Gasteiger partial charge in [0.1, 0.15) is 5.75 Å². The van der Waals surface area contributed by atoms with Gasteiger partial charge in [0.2, 0.25) is 0 Å². The number of carbonyl (C=O) groups is 2. The van der Waals surface area contributed by atoms with Crippen LogP contribution in [0, 0.1) is 0 Å². The molecule has 0 saturated heterocycles. The lowest BCUT2D eigenvalue weighted by Gasteiger charge is -2.07. The van der Waals surface area contributed by atoms with Gasteiger partial charge in [0.05, 0.1) is 0 Å². The summed E-state index contributed by atoms with van der Waals surface area (Å²) >= 11 is 0. The van der Waals surface area contributed by atoms with E-state index in [9.17, 15) is 18.4 Å². The van der Waals surface area contributed by atoms with Crippen LogP contribution in [0.15, 0.2) is 60.7 Å². The van der Waals surface area contributed by atoms with Gasteiger partial charge >= 0.3 is 12.6 Å². The van der Waals surface area contributed by atoms with Crippen LogP contribution in [0.1, 0.15) is 5.56 Å². The minimum Gasteiger partial charge on any atom is -0.452 e. The molecule has 0 aromatic heterocycles. The molecule has 0 spiro atoms. The molecule has 0 radical (unpaired) electrons. The number of esters is 1. The summed E-state index contributed by atoms with van der Waals surface area (Å²) in [5.41, 5.74) is 1.19. The number of anilines is 1. The van der Waals surface area contributed by atoms with Crippen molar-refractivity contribution in [2.45, 2.75) is 6.61 Å². The van der Waals surface area contributed by atoms with Crippen LogP contribution in [-0.2, 0) is 14.3 Å². The minimum absolute atomic E-state index is 0.0227. The van der Waals surface area contributed by atoms with E-state index in [2.05, 4.69) is 10.1 Å². The molecule has 0 aliphatic heterocycles. The number of alkyl halides is 2. The Morgan fingerprint density at radius 3 is 2.36 bits per heavy atom. The second-order valence-corrected chi connectivity index (χ2v) is 4.80. The predicted molar refractivity (Wildman–Crippen MR) is 88.1 cm³/mol. The zero-order valence-corrected chi connectivity index (χ0v) is 13.0. The summed E-state index contributed by atoms with van der Waals surface area (Å²) < 4.78 is 33.1. The number of ether oxygens (including phenoxy) is 2. The normalized spacial score (nSPS) is 10.7. The SMILES string of the molecule is O=C(COC(=O)/C=C/c1ccccc1)Nc1ccc(OC(F)F)cc1. The molecular formula is C18H15F2NO4. The topological polar surface area (TPSA) is 64.6 Å². The number of rotatable bonds is 7. The van der Waals surface area contributed by atoms with Crippen LogP contribution in [0.2, 0.25) is 0 Å². The molecule has 130 valence electrons. The fraction of sp³-hybridized carbons (Fsp3) is 0.111. The highest BCUT2D eigenvalue weighted by molar-refractivity contribution is 5.94. The number of hydrogen-bond donors (Lipinski definition) is 1. The van der Waals surface area contributed by atoms with Gasteiger partial charge in [-0.25, -0.2) is 4.79 Å². The second kappa shape index (κ2) is 9.17. The maximum Gasteiger partial charge on any atom is 0.387 e. The highest BCUT2D eigenvalue weighted by Gasteiger charge is 2.07. The Bertz CT molecular complexity index is 731. The van der Waals surface area contributed by atoms with E-state index in [1.54, 1.807) is 6.08 Å². The van der Waals surface area contributed by atoms with Gasteiger partial charge in [0.15, 0.2) is 6.61 Å². The Morgan fingerprint density at radius 2 is 1.72 bits per heavy atom. The van der Waals surface area contributed by atoms with Gasteiger partial charge in [-0.15, -0.1) is 0 Å². The van der Waals surface area contributed by atoms with Crippen LogP contribution in [0.3, 0.4) is 0 Å². The van der Waals surface area contributed by atoms with E-state index in [-0.39, 0.29) is 5.75 Å². The molecule has 0 heterocycles. The minimum atomic E-state index is -2.91. The third-order valence-corrected chi connectivity index (χ3v) is 2.92. The Balaban J connectivity index is 1.76. The van der Waals surface area contributed by atoms with Crippen molar-refractivity contribution >= 4 is 23.6 Å². The summed E-state index contributed by atoms with van der Waals surface area (Å²) in [6, 6.07) is 14.5. The molecule has 5 nitrogen and oxygen atoms in total. The summed E-state index contributed by atoms with van der Waals surface area (Å²) in [5.74, 6) is -1.23.